The molecule has 0 spiro atoms. The van der Waals surface area contributed by atoms with Gasteiger partial charge in [-0.1, -0.05) is 6.07 Å². The van der Waals surface area contributed by atoms with Gasteiger partial charge in [-0.25, -0.2) is 0 Å². The van der Waals surface area contributed by atoms with E-state index in [2.05, 4.69) is 10.4 Å². The molecule has 5 nitrogen and oxygen atoms in total. The molecule has 0 saturated carbocycles. The van der Waals surface area contributed by atoms with Crippen LogP contribution in [0.15, 0.2) is 36.7 Å². The van der Waals surface area contributed by atoms with Crippen molar-refractivity contribution in [3.8, 4) is 5.75 Å². The van der Waals surface area contributed by atoms with E-state index in [1.807, 2.05) is 20.2 Å². The number of halogens is 3. The summed E-state index contributed by atoms with van der Waals surface area (Å²) >= 11 is 0. The van der Waals surface area contributed by atoms with Crippen LogP contribution >= 0.6 is 0 Å². The van der Waals surface area contributed by atoms with Gasteiger partial charge in [-0.05, 0) is 25.1 Å². The predicted molar refractivity (Wildman–Crippen MR) is 82.6 cm³/mol. The van der Waals surface area contributed by atoms with Crippen LogP contribution < -0.4 is 10.1 Å². The third kappa shape index (κ3) is 5.24. The molecule has 2 N–H and O–H groups in total. The zero-order valence-corrected chi connectivity index (χ0v) is 13.4. The van der Waals surface area contributed by atoms with Crippen molar-refractivity contribution in [3.05, 3.63) is 47.8 Å². The molecular weight excluding hydrogens is 323 g/mol. The number of rotatable bonds is 7. The first kappa shape index (κ1) is 18.3. The first-order valence-corrected chi connectivity index (χ1v) is 7.46. The van der Waals surface area contributed by atoms with Crippen molar-refractivity contribution in [2.75, 3.05) is 13.2 Å². The van der Waals surface area contributed by atoms with Gasteiger partial charge in [-0.15, -0.1) is 0 Å². The van der Waals surface area contributed by atoms with Gasteiger partial charge in [0.15, 0.2) is 0 Å². The number of hydrogen-bond acceptors (Lipinski definition) is 4. The third-order valence-electron chi connectivity index (χ3n) is 3.49. The molecule has 1 aromatic heterocycles. The SMILES string of the molecule is CC(NCC(O)COc1cccc(C(F)(F)F)c1)c1cnn(C)c1. The summed E-state index contributed by atoms with van der Waals surface area (Å²) in [5, 5.41) is 17.1. The van der Waals surface area contributed by atoms with Crippen molar-refractivity contribution < 1.29 is 23.0 Å². The number of alkyl halides is 3. The highest BCUT2D eigenvalue weighted by atomic mass is 19.4. The van der Waals surface area contributed by atoms with E-state index < -0.39 is 17.8 Å². The molecule has 0 aliphatic heterocycles. The van der Waals surface area contributed by atoms with Crippen molar-refractivity contribution in [1.82, 2.24) is 15.1 Å². The fourth-order valence-electron chi connectivity index (χ4n) is 2.11. The number of ether oxygens (including phenoxy) is 1. The Kier molecular flexibility index (Phi) is 5.84. The maximum atomic E-state index is 12.6. The van der Waals surface area contributed by atoms with Gasteiger partial charge in [0.25, 0.3) is 0 Å². The average Bonchev–Trinajstić information content (AvgIpc) is 2.96. The fourth-order valence-corrected chi connectivity index (χ4v) is 2.11. The number of hydrogen-bond donors (Lipinski definition) is 2. The highest BCUT2D eigenvalue weighted by molar-refractivity contribution is 5.30. The van der Waals surface area contributed by atoms with Gasteiger partial charge in [-0.3, -0.25) is 4.68 Å². The van der Waals surface area contributed by atoms with Gasteiger partial charge in [0, 0.05) is 31.4 Å². The van der Waals surface area contributed by atoms with Crippen LogP contribution in [0.5, 0.6) is 5.75 Å². The van der Waals surface area contributed by atoms with Crippen molar-refractivity contribution >= 4 is 0 Å². The lowest BCUT2D eigenvalue weighted by atomic mass is 10.2. The topological polar surface area (TPSA) is 59.3 Å². The quantitative estimate of drug-likeness (QED) is 0.811. The maximum absolute atomic E-state index is 12.6. The lowest BCUT2D eigenvalue weighted by Crippen LogP contribution is -2.33. The van der Waals surface area contributed by atoms with Crippen LogP contribution in [0.2, 0.25) is 0 Å². The standard InChI is InChI=1S/C16H20F3N3O2/c1-11(12-7-21-22(2)9-12)20-8-14(23)10-24-15-5-3-4-13(6-15)16(17,18)19/h3-7,9,11,14,20,23H,8,10H2,1-2H3. The summed E-state index contributed by atoms with van der Waals surface area (Å²) in [5.74, 6) is 0.0733. The molecule has 132 valence electrons. The summed E-state index contributed by atoms with van der Waals surface area (Å²) < 4.78 is 44.8. The summed E-state index contributed by atoms with van der Waals surface area (Å²) in [6, 6.07) is 4.57. The molecule has 0 bridgehead atoms. The van der Waals surface area contributed by atoms with E-state index in [1.54, 1.807) is 10.9 Å². The van der Waals surface area contributed by atoms with Gasteiger partial charge in [-0.2, -0.15) is 18.3 Å². The molecule has 0 amide bonds. The van der Waals surface area contributed by atoms with Crippen molar-refractivity contribution in [2.24, 2.45) is 7.05 Å². The Morgan fingerprint density at radius 3 is 2.75 bits per heavy atom. The second kappa shape index (κ2) is 7.67. The minimum absolute atomic E-state index is 0.0121. The van der Waals surface area contributed by atoms with E-state index in [0.717, 1.165) is 17.7 Å². The minimum Gasteiger partial charge on any atom is -0.491 e. The van der Waals surface area contributed by atoms with Gasteiger partial charge in [0.05, 0.1) is 11.8 Å². The fraction of sp³-hybridized carbons (Fsp3) is 0.438. The van der Waals surface area contributed by atoms with Crippen LogP contribution in [0.1, 0.15) is 24.1 Å². The summed E-state index contributed by atoms with van der Waals surface area (Å²) in [6.07, 6.45) is -1.68. The summed E-state index contributed by atoms with van der Waals surface area (Å²) in [5.41, 5.74) is 0.196. The molecule has 2 rings (SSSR count). The molecule has 1 aromatic carbocycles. The number of aromatic nitrogens is 2. The van der Waals surface area contributed by atoms with Crippen molar-refractivity contribution in [1.29, 1.82) is 0 Å². The monoisotopic (exact) mass is 343 g/mol. The van der Waals surface area contributed by atoms with Crippen LogP contribution in [-0.2, 0) is 13.2 Å². The number of nitrogens with zero attached hydrogens (tertiary/aromatic N) is 2. The van der Waals surface area contributed by atoms with Gasteiger partial charge < -0.3 is 15.2 Å². The molecule has 1 heterocycles. The Morgan fingerprint density at radius 2 is 2.12 bits per heavy atom. The second-order valence-corrected chi connectivity index (χ2v) is 5.57. The van der Waals surface area contributed by atoms with E-state index in [-0.39, 0.29) is 24.9 Å². The number of benzene rings is 1. The third-order valence-corrected chi connectivity index (χ3v) is 3.49. The molecule has 24 heavy (non-hydrogen) atoms. The molecule has 0 fully saturated rings. The Labute approximate surface area is 138 Å². The molecule has 2 atom stereocenters. The number of aliphatic hydroxyl groups excluding tert-OH is 1. The predicted octanol–water partition coefficient (Wildman–Crippen LogP) is 2.53. The van der Waals surface area contributed by atoms with Crippen LogP contribution in [0.4, 0.5) is 13.2 Å². The van der Waals surface area contributed by atoms with Crippen LogP contribution in [0.3, 0.4) is 0 Å². The Morgan fingerprint density at radius 1 is 1.38 bits per heavy atom. The summed E-state index contributed by atoms with van der Waals surface area (Å²) in [4.78, 5) is 0. The number of aliphatic hydroxyl groups is 1. The molecular formula is C16H20F3N3O2. The van der Waals surface area contributed by atoms with Crippen LogP contribution in [-0.4, -0.2) is 34.1 Å². The zero-order chi connectivity index (χ0) is 17.7. The van der Waals surface area contributed by atoms with E-state index in [0.29, 0.717) is 0 Å². The Hall–Kier alpha value is -2.06. The second-order valence-electron chi connectivity index (χ2n) is 5.57. The van der Waals surface area contributed by atoms with E-state index in [1.165, 1.54) is 12.1 Å². The zero-order valence-electron chi connectivity index (χ0n) is 13.4. The highest BCUT2D eigenvalue weighted by Gasteiger charge is 2.30. The number of nitrogens with one attached hydrogen (secondary N) is 1. The Bertz CT molecular complexity index is 658. The van der Waals surface area contributed by atoms with Gasteiger partial charge >= 0.3 is 6.18 Å². The normalized spacial score (nSPS) is 14.4. The van der Waals surface area contributed by atoms with Gasteiger partial charge in [0.1, 0.15) is 18.5 Å². The molecule has 0 aliphatic rings. The first-order chi connectivity index (χ1) is 11.3. The van der Waals surface area contributed by atoms with Crippen LogP contribution in [0, 0.1) is 0 Å². The summed E-state index contributed by atoms with van der Waals surface area (Å²) in [7, 11) is 1.81. The first-order valence-electron chi connectivity index (χ1n) is 7.46. The van der Waals surface area contributed by atoms with Gasteiger partial charge in [0.2, 0.25) is 0 Å². The van der Waals surface area contributed by atoms with E-state index >= 15 is 0 Å². The number of aryl methyl sites for hydroxylation is 1. The highest BCUT2D eigenvalue weighted by Crippen LogP contribution is 2.31. The molecule has 0 saturated heterocycles. The van der Waals surface area contributed by atoms with Crippen molar-refractivity contribution in [2.45, 2.75) is 25.2 Å². The average molecular weight is 343 g/mol. The Balaban J connectivity index is 1.80. The van der Waals surface area contributed by atoms with E-state index in [9.17, 15) is 18.3 Å². The minimum atomic E-state index is -4.42. The van der Waals surface area contributed by atoms with E-state index in [4.69, 9.17) is 4.74 Å². The lowest BCUT2D eigenvalue weighted by molar-refractivity contribution is -0.137. The molecule has 0 radical (unpaired) electrons. The maximum Gasteiger partial charge on any atom is 0.416 e. The molecule has 2 unspecified atom stereocenters. The molecule has 2 aromatic rings. The lowest BCUT2D eigenvalue weighted by Gasteiger charge is -2.17. The van der Waals surface area contributed by atoms with Crippen LogP contribution in [0.25, 0.3) is 0 Å². The molecule has 0 aliphatic carbocycles. The van der Waals surface area contributed by atoms with Crippen molar-refractivity contribution in [3.63, 3.8) is 0 Å². The molecule has 8 heteroatoms. The smallest absolute Gasteiger partial charge is 0.416 e. The summed E-state index contributed by atoms with van der Waals surface area (Å²) in [6.45, 7) is 2.07. The largest absolute Gasteiger partial charge is 0.491 e.